The molecule has 0 unspecified atom stereocenters. The molecule has 2 rings (SSSR count). The molecule has 137 valence electrons. The summed E-state index contributed by atoms with van der Waals surface area (Å²) in [6.07, 6.45) is 0. The van der Waals surface area contributed by atoms with Gasteiger partial charge in [-0.15, -0.1) is 11.3 Å². The lowest BCUT2D eigenvalue weighted by molar-refractivity contribution is -0.139. The Hall–Kier alpha value is -1.17. The number of esters is 1. The van der Waals surface area contributed by atoms with Crippen LogP contribution in [-0.4, -0.2) is 28.4 Å². The molecule has 1 aromatic carbocycles. The van der Waals surface area contributed by atoms with Crippen LogP contribution in [0.1, 0.15) is 47.1 Å². The smallest absolute Gasteiger partial charge is 0.319 e. The number of hydrogen-bond donors (Lipinski definition) is 1. The number of rotatable bonds is 5. The van der Waals surface area contributed by atoms with Crippen molar-refractivity contribution in [3.63, 3.8) is 0 Å². The van der Waals surface area contributed by atoms with Crippen LogP contribution in [0.15, 0.2) is 24.3 Å². The van der Waals surface area contributed by atoms with Gasteiger partial charge in [0.2, 0.25) is 0 Å². The fraction of sp³-hybridized carbons (Fsp3) is 0.550. The number of carbonyl (C=O) groups is 1. The molecule has 0 fully saturated rings. The zero-order chi connectivity index (χ0) is 18.8. The molecular formula is C20H30NO2SSi. The second-order valence-corrected chi connectivity index (χ2v) is 14.2. The molecule has 3 nitrogen and oxygen atoms in total. The van der Waals surface area contributed by atoms with Gasteiger partial charge in [0.1, 0.15) is 8.80 Å². The number of nitrogens with one attached hydrogen (secondary N) is 1. The minimum Gasteiger partial charge on any atom is -0.468 e. The topological polar surface area (TPSA) is 38.3 Å². The molecule has 0 atom stereocenters. The quantitative estimate of drug-likeness (QED) is 0.618. The van der Waals surface area contributed by atoms with Crippen molar-refractivity contribution in [1.29, 1.82) is 0 Å². The molecule has 0 amide bonds. The lowest BCUT2D eigenvalue weighted by Gasteiger charge is -2.38. The first-order valence-electron chi connectivity index (χ1n) is 8.71. The molecule has 1 heterocycles. The number of hydrogen-bond acceptors (Lipinski definition) is 4. The fourth-order valence-electron chi connectivity index (χ4n) is 3.62. The molecule has 5 heteroatoms. The standard InChI is InChI=1S/C20H30NO2SSi/c1-19(2,3)25(20(4,5)6)17-11-14-9-8-10-15(18(14)24-17)12-21-13-16(22)23-7/h8-11,21H,12-13H2,1-7H3. The maximum absolute atomic E-state index is 11.3. The zero-order valence-corrected chi connectivity index (χ0v) is 18.3. The van der Waals surface area contributed by atoms with Crippen molar-refractivity contribution in [2.24, 2.45) is 0 Å². The Morgan fingerprint density at radius 1 is 1.16 bits per heavy atom. The van der Waals surface area contributed by atoms with Gasteiger partial charge in [0.15, 0.2) is 0 Å². The van der Waals surface area contributed by atoms with Crippen molar-refractivity contribution in [2.75, 3.05) is 13.7 Å². The van der Waals surface area contributed by atoms with Crippen LogP contribution in [0.3, 0.4) is 0 Å². The van der Waals surface area contributed by atoms with Crippen LogP contribution in [-0.2, 0) is 16.1 Å². The molecular weight excluding hydrogens is 346 g/mol. The molecule has 1 radical (unpaired) electrons. The van der Waals surface area contributed by atoms with Crippen LogP contribution in [0.2, 0.25) is 10.1 Å². The first kappa shape index (κ1) is 20.1. The van der Waals surface area contributed by atoms with Gasteiger partial charge in [-0.25, -0.2) is 0 Å². The van der Waals surface area contributed by atoms with Gasteiger partial charge in [0.05, 0.1) is 13.7 Å². The molecule has 0 bridgehead atoms. The van der Waals surface area contributed by atoms with Crippen LogP contribution < -0.4 is 9.82 Å². The van der Waals surface area contributed by atoms with Crippen molar-refractivity contribution in [3.8, 4) is 0 Å². The minimum absolute atomic E-state index is 0.231. The molecule has 2 aromatic rings. The Morgan fingerprint density at radius 3 is 2.36 bits per heavy atom. The van der Waals surface area contributed by atoms with Crippen molar-refractivity contribution in [2.45, 2.75) is 58.2 Å². The summed E-state index contributed by atoms with van der Waals surface area (Å²) in [7, 11) is 0.672. The first-order chi connectivity index (χ1) is 11.5. The Morgan fingerprint density at radius 2 is 1.80 bits per heavy atom. The van der Waals surface area contributed by atoms with Crippen molar-refractivity contribution in [3.05, 3.63) is 29.8 Å². The number of carbonyl (C=O) groups excluding carboxylic acids is 1. The highest BCUT2D eigenvalue weighted by Crippen LogP contribution is 2.43. The van der Waals surface area contributed by atoms with Crippen LogP contribution in [0.25, 0.3) is 10.1 Å². The molecule has 0 spiro atoms. The minimum atomic E-state index is -0.744. The number of fused-ring (bicyclic) bond motifs is 1. The van der Waals surface area contributed by atoms with Crippen molar-refractivity contribution < 1.29 is 9.53 Å². The maximum Gasteiger partial charge on any atom is 0.319 e. The largest absolute Gasteiger partial charge is 0.468 e. The molecule has 0 aliphatic heterocycles. The monoisotopic (exact) mass is 376 g/mol. The molecule has 1 aromatic heterocycles. The number of benzene rings is 1. The van der Waals surface area contributed by atoms with E-state index in [2.05, 4.69) is 71.1 Å². The van der Waals surface area contributed by atoms with E-state index < -0.39 is 8.80 Å². The van der Waals surface area contributed by atoms with Crippen LogP contribution in [0.5, 0.6) is 0 Å². The maximum atomic E-state index is 11.3. The molecule has 0 saturated heterocycles. The normalized spacial score (nSPS) is 12.8. The number of thiophene rings is 1. The highest BCUT2D eigenvalue weighted by Gasteiger charge is 2.39. The van der Waals surface area contributed by atoms with Crippen LogP contribution in [0.4, 0.5) is 0 Å². The summed E-state index contributed by atoms with van der Waals surface area (Å²) in [5.41, 5.74) is 1.25. The molecule has 0 aliphatic rings. The molecule has 0 saturated carbocycles. The van der Waals surface area contributed by atoms with Crippen LogP contribution in [0, 0.1) is 0 Å². The summed E-state index contributed by atoms with van der Waals surface area (Å²) >= 11 is 1.94. The van der Waals surface area contributed by atoms with E-state index >= 15 is 0 Å². The Kier molecular flexibility index (Phi) is 6.12. The SMILES string of the molecule is COC(=O)CNCc1cccc2cc([Si](C(C)(C)C)C(C)(C)C)sc12. The summed E-state index contributed by atoms with van der Waals surface area (Å²) in [4.78, 5) is 11.3. The Bertz CT molecular complexity index is 726. The highest BCUT2D eigenvalue weighted by atomic mass is 32.1. The van der Waals surface area contributed by atoms with E-state index in [9.17, 15) is 4.79 Å². The molecule has 25 heavy (non-hydrogen) atoms. The van der Waals surface area contributed by atoms with Gasteiger partial charge in [-0.05, 0) is 31.6 Å². The van der Waals surface area contributed by atoms with E-state index in [1.165, 1.54) is 22.8 Å². The third kappa shape index (κ3) is 4.93. The summed E-state index contributed by atoms with van der Waals surface area (Å²) in [5.74, 6) is -0.231. The van der Waals surface area contributed by atoms with Gasteiger partial charge in [-0.2, -0.15) is 0 Å². The van der Waals surface area contributed by atoms with E-state index in [0.29, 0.717) is 16.6 Å². The van der Waals surface area contributed by atoms with Crippen molar-refractivity contribution in [1.82, 2.24) is 5.32 Å². The van der Waals surface area contributed by atoms with Crippen molar-refractivity contribution >= 4 is 40.7 Å². The van der Waals surface area contributed by atoms with E-state index in [0.717, 1.165) is 0 Å². The second kappa shape index (κ2) is 7.60. The lowest BCUT2D eigenvalue weighted by atomic mass is 10.1. The predicted molar refractivity (Wildman–Crippen MR) is 110 cm³/mol. The second-order valence-electron chi connectivity index (χ2n) is 8.50. The van der Waals surface area contributed by atoms with E-state index in [1.54, 1.807) is 4.50 Å². The molecule has 0 aliphatic carbocycles. The van der Waals surface area contributed by atoms with Gasteiger partial charge in [0.25, 0.3) is 0 Å². The summed E-state index contributed by atoms with van der Waals surface area (Å²) in [6, 6.07) is 8.85. The van der Waals surface area contributed by atoms with E-state index in [4.69, 9.17) is 4.74 Å². The zero-order valence-electron chi connectivity index (χ0n) is 16.4. The molecule has 1 N–H and O–H groups in total. The van der Waals surface area contributed by atoms with Crippen LogP contribution >= 0.6 is 11.3 Å². The lowest BCUT2D eigenvalue weighted by Crippen LogP contribution is -2.44. The number of ether oxygens (including phenoxy) is 1. The summed E-state index contributed by atoms with van der Waals surface area (Å²) in [5, 5.41) is 5.09. The summed E-state index contributed by atoms with van der Waals surface area (Å²) in [6.45, 7) is 15.1. The average Bonchev–Trinajstić information content (AvgIpc) is 2.87. The number of methoxy groups -OCH3 is 1. The van der Waals surface area contributed by atoms with Gasteiger partial charge < -0.3 is 10.1 Å². The first-order valence-corrected chi connectivity index (χ1v) is 11.0. The Labute approximate surface area is 157 Å². The van der Waals surface area contributed by atoms with E-state index in [1.807, 2.05) is 11.3 Å². The van der Waals surface area contributed by atoms with Gasteiger partial charge in [-0.3, -0.25) is 4.79 Å². The third-order valence-corrected chi connectivity index (χ3v) is 9.78. The average molecular weight is 377 g/mol. The third-order valence-electron chi connectivity index (χ3n) is 4.18. The van der Waals surface area contributed by atoms with E-state index in [-0.39, 0.29) is 12.5 Å². The highest BCUT2D eigenvalue weighted by molar-refractivity contribution is 7.29. The van der Waals surface area contributed by atoms with Gasteiger partial charge in [-0.1, -0.05) is 59.7 Å². The summed E-state index contributed by atoms with van der Waals surface area (Å²) < 4.78 is 7.57. The fourth-order valence-corrected chi connectivity index (χ4v) is 11.1. The predicted octanol–water partition coefficient (Wildman–Crippen LogP) is 4.47. The Balaban J connectivity index is 2.35. The van der Waals surface area contributed by atoms with Gasteiger partial charge in [0, 0.05) is 11.2 Å². The van der Waals surface area contributed by atoms with Gasteiger partial charge >= 0.3 is 5.97 Å².